The summed E-state index contributed by atoms with van der Waals surface area (Å²) in [4.78, 5) is 41.6. The van der Waals surface area contributed by atoms with Crippen LogP contribution < -0.4 is 10.7 Å². The molecule has 7 heteroatoms. The molecule has 2 aromatic heterocycles. The largest absolute Gasteiger partial charge is 0.464 e. The van der Waals surface area contributed by atoms with Crippen molar-refractivity contribution >= 4 is 11.8 Å². The van der Waals surface area contributed by atoms with Gasteiger partial charge in [0.05, 0.1) is 6.54 Å². The smallest absolute Gasteiger partial charge is 0.259 e. The summed E-state index contributed by atoms with van der Waals surface area (Å²) in [5, 5.41) is 2.66. The molecule has 2 bridgehead atoms. The summed E-state index contributed by atoms with van der Waals surface area (Å²) in [6, 6.07) is 3.80. The van der Waals surface area contributed by atoms with E-state index in [-0.39, 0.29) is 40.5 Å². The zero-order valence-electron chi connectivity index (χ0n) is 19.9. The first-order valence-electron chi connectivity index (χ1n) is 11.5. The second kappa shape index (κ2) is 8.36. The SMILES string of the molecule is C=CCNC(=O)c1cn(Cc2ccc(C)o2)cc(C(=O)N2C[C@]3(C)C[C@H]2CC(C)(C)C3)c1=O. The lowest BCUT2D eigenvalue weighted by Gasteiger charge is -2.39. The van der Waals surface area contributed by atoms with Gasteiger partial charge >= 0.3 is 0 Å². The van der Waals surface area contributed by atoms with Crippen molar-refractivity contribution in [3.63, 3.8) is 0 Å². The fourth-order valence-electron chi connectivity index (χ4n) is 5.90. The number of amides is 2. The summed E-state index contributed by atoms with van der Waals surface area (Å²) >= 11 is 0. The Morgan fingerprint density at radius 1 is 1.21 bits per heavy atom. The molecule has 2 fully saturated rings. The topological polar surface area (TPSA) is 84.6 Å². The molecule has 3 heterocycles. The van der Waals surface area contributed by atoms with Crippen molar-refractivity contribution in [3.05, 3.63) is 70.1 Å². The fraction of sp³-hybridized carbons (Fsp3) is 0.500. The van der Waals surface area contributed by atoms with Crippen LogP contribution in [0.2, 0.25) is 0 Å². The zero-order chi connectivity index (χ0) is 24.0. The second-order valence-electron chi connectivity index (χ2n) is 10.7. The highest BCUT2D eigenvalue weighted by Gasteiger charge is 2.51. The average molecular weight is 452 g/mol. The summed E-state index contributed by atoms with van der Waals surface area (Å²) in [6.07, 6.45) is 7.50. The lowest BCUT2D eigenvalue weighted by Crippen LogP contribution is -2.41. The number of hydrogen-bond acceptors (Lipinski definition) is 4. The van der Waals surface area contributed by atoms with Gasteiger partial charge in [0, 0.05) is 31.5 Å². The number of carbonyl (C=O) groups excluding carboxylic acids is 2. The van der Waals surface area contributed by atoms with Gasteiger partial charge in [-0.25, -0.2) is 0 Å². The van der Waals surface area contributed by atoms with Crippen LogP contribution in [0.5, 0.6) is 0 Å². The molecule has 1 saturated carbocycles. The molecule has 2 atom stereocenters. The number of pyridine rings is 1. The first kappa shape index (κ1) is 23.1. The third kappa shape index (κ3) is 4.68. The molecule has 33 heavy (non-hydrogen) atoms. The second-order valence-corrected chi connectivity index (χ2v) is 10.7. The van der Waals surface area contributed by atoms with Crippen LogP contribution in [0.3, 0.4) is 0 Å². The fourth-order valence-corrected chi connectivity index (χ4v) is 5.90. The molecule has 0 radical (unpaired) electrons. The van der Waals surface area contributed by atoms with Crippen molar-refractivity contribution in [2.45, 2.75) is 59.5 Å². The van der Waals surface area contributed by atoms with Gasteiger partial charge in [0.25, 0.3) is 11.8 Å². The van der Waals surface area contributed by atoms with Crippen LogP contribution >= 0.6 is 0 Å². The highest BCUT2D eigenvalue weighted by atomic mass is 16.3. The van der Waals surface area contributed by atoms with E-state index < -0.39 is 11.3 Å². The van der Waals surface area contributed by atoms with E-state index in [1.807, 2.05) is 24.0 Å². The molecule has 1 aliphatic heterocycles. The van der Waals surface area contributed by atoms with Crippen molar-refractivity contribution in [2.24, 2.45) is 10.8 Å². The molecule has 2 aliphatic rings. The number of fused-ring (bicyclic) bond motifs is 2. The highest BCUT2D eigenvalue weighted by molar-refractivity contribution is 5.99. The van der Waals surface area contributed by atoms with Crippen LogP contribution in [-0.2, 0) is 6.54 Å². The van der Waals surface area contributed by atoms with Gasteiger partial charge in [-0.15, -0.1) is 6.58 Å². The summed E-state index contributed by atoms with van der Waals surface area (Å²) in [7, 11) is 0. The molecule has 7 nitrogen and oxygen atoms in total. The van der Waals surface area contributed by atoms with Crippen molar-refractivity contribution in [2.75, 3.05) is 13.1 Å². The Labute approximate surface area is 194 Å². The minimum Gasteiger partial charge on any atom is -0.464 e. The third-order valence-corrected chi connectivity index (χ3v) is 6.77. The van der Waals surface area contributed by atoms with E-state index in [1.54, 1.807) is 16.8 Å². The quantitative estimate of drug-likeness (QED) is 0.678. The molecule has 4 rings (SSSR count). The predicted octanol–water partition coefficient (Wildman–Crippen LogP) is 3.75. The number of nitrogens with one attached hydrogen (secondary N) is 1. The lowest BCUT2D eigenvalue weighted by atomic mass is 9.65. The number of aromatic nitrogens is 1. The summed E-state index contributed by atoms with van der Waals surface area (Å²) in [5.41, 5.74) is -0.375. The van der Waals surface area contributed by atoms with E-state index >= 15 is 0 Å². The molecule has 1 saturated heterocycles. The molecule has 0 aromatic carbocycles. The van der Waals surface area contributed by atoms with Gasteiger partial charge in [-0.1, -0.05) is 26.8 Å². The van der Waals surface area contributed by atoms with Gasteiger partial charge in [0.15, 0.2) is 0 Å². The maximum absolute atomic E-state index is 13.7. The van der Waals surface area contributed by atoms with Gasteiger partial charge in [-0.2, -0.15) is 0 Å². The highest BCUT2D eigenvalue weighted by Crippen LogP contribution is 2.52. The standard InChI is InChI=1S/C26H33N3O4/c1-6-9-27-23(31)20-13-28(12-19-8-7-17(2)33-19)14-21(22(20)30)24(32)29-16-26(5)11-18(29)10-25(3,4)15-26/h6-8,13-14,18H,1,9-12,15-16H2,2-5H3,(H,27,31)/t18-,26-/m1/s1. The maximum Gasteiger partial charge on any atom is 0.259 e. The van der Waals surface area contributed by atoms with Gasteiger partial charge < -0.3 is 19.2 Å². The minimum atomic E-state index is -0.542. The van der Waals surface area contributed by atoms with Gasteiger partial charge in [0.2, 0.25) is 5.43 Å². The van der Waals surface area contributed by atoms with Gasteiger partial charge in [-0.05, 0) is 49.1 Å². The Morgan fingerprint density at radius 3 is 2.61 bits per heavy atom. The van der Waals surface area contributed by atoms with E-state index in [4.69, 9.17) is 4.42 Å². The number of aryl methyl sites for hydroxylation is 1. The first-order valence-corrected chi connectivity index (χ1v) is 11.5. The number of furan rings is 1. The number of rotatable bonds is 6. The molecular weight excluding hydrogens is 418 g/mol. The van der Waals surface area contributed by atoms with Crippen molar-refractivity contribution < 1.29 is 14.0 Å². The van der Waals surface area contributed by atoms with E-state index in [1.165, 1.54) is 6.20 Å². The molecule has 2 aromatic rings. The van der Waals surface area contributed by atoms with E-state index in [9.17, 15) is 14.4 Å². The van der Waals surface area contributed by atoms with Crippen molar-refractivity contribution in [3.8, 4) is 0 Å². The summed E-state index contributed by atoms with van der Waals surface area (Å²) in [6.45, 7) is 13.3. The summed E-state index contributed by atoms with van der Waals surface area (Å²) in [5.74, 6) is 0.631. The molecule has 0 spiro atoms. The van der Waals surface area contributed by atoms with Crippen LogP contribution in [-0.4, -0.2) is 40.4 Å². The zero-order valence-corrected chi connectivity index (χ0v) is 19.9. The first-order chi connectivity index (χ1) is 15.5. The van der Waals surface area contributed by atoms with Crippen LogP contribution in [0.25, 0.3) is 0 Å². The maximum atomic E-state index is 13.7. The van der Waals surface area contributed by atoms with Crippen LogP contribution in [0.4, 0.5) is 0 Å². The molecule has 1 N–H and O–H groups in total. The molecule has 1 aliphatic carbocycles. The third-order valence-electron chi connectivity index (χ3n) is 6.77. The molecule has 176 valence electrons. The van der Waals surface area contributed by atoms with Crippen LogP contribution in [0.15, 0.2) is 46.4 Å². The molecule has 2 amide bonds. The Balaban J connectivity index is 1.72. The van der Waals surface area contributed by atoms with E-state index in [0.29, 0.717) is 18.8 Å². The van der Waals surface area contributed by atoms with Crippen LogP contribution in [0.1, 0.15) is 72.3 Å². The number of nitrogens with zero attached hydrogens (tertiary/aromatic N) is 2. The summed E-state index contributed by atoms with van der Waals surface area (Å²) < 4.78 is 7.35. The van der Waals surface area contributed by atoms with Crippen molar-refractivity contribution in [1.29, 1.82) is 0 Å². The minimum absolute atomic E-state index is 0.0264. The Bertz CT molecular complexity index is 1160. The average Bonchev–Trinajstić information content (AvgIpc) is 3.24. The predicted molar refractivity (Wildman–Crippen MR) is 126 cm³/mol. The molecule has 0 unspecified atom stereocenters. The normalized spacial score (nSPS) is 23.4. The Kier molecular flexibility index (Phi) is 5.85. The number of likely N-dealkylation sites (tertiary alicyclic amines) is 1. The lowest BCUT2D eigenvalue weighted by molar-refractivity contribution is 0.0706. The number of carbonyl (C=O) groups is 2. The van der Waals surface area contributed by atoms with Crippen LogP contribution in [0, 0.1) is 17.8 Å². The van der Waals surface area contributed by atoms with E-state index in [2.05, 4.69) is 32.7 Å². The Hall–Kier alpha value is -3.09. The monoisotopic (exact) mass is 451 g/mol. The van der Waals surface area contributed by atoms with Gasteiger partial charge in [0.1, 0.15) is 22.6 Å². The van der Waals surface area contributed by atoms with Crippen molar-refractivity contribution in [1.82, 2.24) is 14.8 Å². The number of hydrogen-bond donors (Lipinski definition) is 1. The van der Waals surface area contributed by atoms with E-state index in [0.717, 1.165) is 25.0 Å². The van der Waals surface area contributed by atoms with Gasteiger partial charge in [-0.3, -0.25) is 14.4 Å². The Morgan fingerprint density at radius 2 is 1.94 bits per heavy atom. The molecular formula is C26H33N3O4.